The predicted octanol–water partition coefficient (Wildman–Crippen LogP) is 3.28. The molecule has 1 aromatic carbocycles. The highest BCUT2D eigenvalue weighted by Gasteiger charge is 2.21. The number of ether oxygens (including phenoxy) is 1. The summed E-state index contributed by atoms with van der Waals surface area (Å²) in [6.07, 6.45) is 2.04. The summed E-state index contributed by atoms with van der Waals surface area (Å²) in [5.41, 5.74) is 0.829. The quantitative estimate of drug-likeness (QED) is 0.607. The zero-order valence-corrected chi connectivity index (χ0v) is 18.7. The smallest absolute Gasteiger partial charge is 0.328 e. The Hall–Kier alpha value is -3.30. The Morgan fingerprint density at radius 2 is 1.88 bits per heavy atom. The molecule has 1 aliphatic heterocycles. The van der Waals surface area contributed by atoms with Gasteiger partial charge < -0.3 is 19.9 Å². The molecular formula is C22H24ClN7O2. The van der Waals surface area contributed by atoms with Crippen LogP contribution < -0.4 is 15.0 Å². The van der Waals surface area contributed by atoms with E-state index >= 15 is 0 Å². The molecule has 10 heteroatoms. The van der Waals surface area contributed by atoms with E-state index in [9.17, 15) is 4.79 Å². The van der Waals surface area contributed by atoms with Gasteiger partial charge in [-0.2, -0.15) is 15.0 Å². The minimum Gasteiger partial charge on any atom is -0.404 e. The fourth-order valence-electron chi connectivity index (χ4n) is 3.22. The topological polar surface area (TPSA) is 96.4 Å². The first-order chi connectivity index (χ1) is 15.5. The molecule has 4 rings (SSSR count). The van der Waals surface area contributed by atoms with Crippen LogP contribution >= 0.6 is 11.6 Å². The average Bonchev–Trinajstić information content (AvgIpc) is 2.81. The molecule has 0 radical (unpaired) electrons. The van der Waals surface area contributed by atoms with Crippen molar-refractivity contribution in [1.82, 2.24) is 24.8 Å². The van der Waals surface area contributed by atoms with Crippen LogP contribution in [-0.2, 0) is 6.42 Å². The number of nitrogens with zero attached hydrogens (tertiary/aromatic N) is 6. The fourth-order valence-corrected chi connectivity index (χ4v) is 3.37. The van der Waals surface area contributed by atoms with Gasteiger partial charge in [-0.1, -0.05) is 36.7 Å². The number of aryl methyl sites for hydroxylation is 1. The second-order valence-electron chi connectivity index (χ2n) is 7.41. The number of hydrogen-bond donors (Lipinski definition) is 1. The van der Waals surface area contributed by atoms with E-state index in [1.165, 1.54) is 12.3 Å². The van der Waals surface area contributed by atoms with Crippen LogP contribution in [0.2, 0.25) is 5.02 Å². The first kappa shape index (κ1) is 21.9. The van der Waals surface area contributed by atoms with Crippen LogP contribution in [0.3, 0.4) is 0 Å². The number of hydrogen-bond acceptors (Lipinski definition) is 8. The fraction of sp³-hybridized carbons (Fsp3) is 0.318. The molecule has 1 N–H and O–H groups in total. The molecule has 0 atom stereocenters. The summed E-state index contributed by atoms with van der Waals surface area (Å²) < 4.78 is 5.89. The number of halogens is 1. The van der Waals surface area contributed by atoms with Gasteiger partial charge in [-0.15, -0.1) is 0 Å². The lowest BCUT2D eigenvalue weighted by molar-refractivity contribution is 0.102. The molecule has 2 aromatic heterocycles. The summed E-state index contributed by atoms with van der Waals surface area (Å²) in [5, 5.41) is 3.14. The molecule has 1 fully saturated rings. The van der Waals surface area contributed by atoms with Gasteiger partial charge in [0.15, 0.2) is 0 Å². The van der Waals surface area contributed by atoms with Crippen molar-refractivity contribution in [2.75, 3.05) is 43.4 Å². The standard InChI is InChI=1S/C22H24ClN7O2/c1-3-18-26-21(30-11-9-29(2)10-12-30)28-22(27-18)32-20-17(13-15(23)14-24-20)19(31)25-16-7-5-4-6-8-16/h4-8,13-14H,3,9-12H2,1-2H3,(H,25,31). The van der Waals surface area contributed by atoms with E-state index in [0.717, 1.165) is 26.2 Å². The summed E-state index contributed by atoms with van der Waals surface area (Å²) in [6.45, 7) is 5.43. The molecule has 0 bridgehead atoms. The number of anilines is 2. The number of nitrogens with one attached hydrogen (secondary N) is 1. The van der Waals surface area contributed by atoms with Crippen LogP contribution in [0.1, 0.15) is 23.1 Å². The van der Waals surface area contributed by atoms with Crippen LogP contribution in [0.4, 0.5) is 11.6 Å². The number of piperazine rings is 1. The van der Waals surface area contributed by atoms with Crippen molar-refractivity contribution in [2.45, 2.75) is 13.3 Å². The Kier molecular flexibility index (Phi) is 6.77. The highest BCUT2D eigenvalue weighted by molar-refractivity contribution is 6.31. The normalized spacial score (nSPS) is 14.3. The van der Waals surface area contributed by atoms with Gasteiger partial charge in [0, 0.05) is 44.5 Å². The van der Waals surface area contributed by atoms with Crippen molar-refractivity contribution in [3.8, 4) is 11.9 Å². The Morgan fingerprint density at radius 3 is 2.59 bits per heavy atom. The zero-order chi connectivity index (χ0) is 22.5. The molecule has 1 saturated heterocycles. The van der Waals surface area contributed by atoms with Crippen LogP contribution in [0.15, 0.2) is 42.6 Å². The van der Waals surface area contributed by atoms with Crippen LogP contribution in [-0.4, -0.2) is 64.0 Å². The minimum absolute atomic E-state index is 0.0698. The molecule has 166 valence electrons. The molecule has 3 heterocycles. The Morgan fingerprint density at radius 1 is 1.12 bits per heavy atom. The van der Waals surface area contributed by atoms with E-state index in [0.29, 0.717) is 28.9 Å². The summed E-state index contributed by atoms with van der Waals surface area (Å²) >= 11 is 6.10. The maximum Gasteiger partial charge on any atom is 0.328 e. The summed E-state index contributed by atoms with van der Waals surface area (Å²) in [4.78, 5) is 34.9. The molecule has 9 nitrogen and oxygen atoms in total. The second kappa shape index (κ2) is 9.88. The maximum absolute atomic E-state index is 12.9. The van der Waals surface area contributed by atoms with Gasteiger partial charge in [0.05, 0.1) is 5.02 Å². The molecule has 32 heavy (non-hydrogen) atoms. The SMILES string of the molecule is CCc1nc(Oc2ncc(Cl)cc2C(=O)Nc2ccccc2)nc(N2CCN(C)CC2)n1. The van der Waals surface area contributed by atoms with Crippen molar-refractivity contribution < 1.29 is 9.53 Å². The first-order valence-electron chi connectivity index (χ1n) is 10.4. The first-order valence-corrected chi connectivity index (χ1v) is 10.8. The van der Waals surface area contributed by atoms with Gasteiger partial charge in [0.25, 0.3) is 5.91 Å². The van der Waals surface area contributed by atoms with E-state index in [1.54, 1.807) is 12.1 Å². The Labute approximate surface area is 191 Å². The predicted molar refractivity (Wildman–Crippen MR) is 123 cm³/mol. The average molecular weight is 454 g/mol. The van der Waals surface area contributed by atoms with Crippen molar-refractivity contribution in [3.63, 3.8) is 0 Å². The molecule has 0 spiro atoms. The lowest BCUT2D eigenvalue weighted by Crippen LogP contribution is -2.45. The summed E-state index contributed by atoms with van der Waals surface area (Å²) in [7, 11) is 2.09. The van der Waals surface area contributed by atoms with Crippen LogP contribution in [0.5, 0.6) is 11.9 Å². The number of amides is 1. The molecule has 3 aromatic rings. The number of pyridine rings is 1. The monoisotopic (exact) mass is 453 g/mol. The maximum atomic E-state index is 12.9. The van der Waals surface area contributed by atoms with Gasteiger partial charge in [0.1, 0.15) is 11.4 Å². The molecule has 1 amide bonds. The number of carbonyl (C=O) groups excluding carboxylic acids is 1. The molecule has 0 saturated carbocycles. The number of likely N-dealkylation sites (N-methyl/N-ethyl adjacent to an activating group) is 1. The summed E-state index contributed by atoms with van der Waals surface area (Å²) in [5.74, 6) is 0.836. The second-order valence-corrected chi connectivity index (χ2v) is 7.84. The lowest BCUT2D eigenvalue weighted by Gasteiger charge is -2.32. The van der Waals surface area contributed by atoms with E-state index in [2.05, 4.69) is 42.1 Å². The van der Waals surface area contributed by atoms with E-state index in [4.69, 9.17) is 16.3 Å². The van der Waals surface area contributed by atoms with Gasteiger partial charge in [-0.3, -0.25) is 4.79 Å². The third-order valence-corrected chi connectivity index (χ3v) is 5.24. The molecule has 0 unspecified atom stereocenters. The Balaban J connectivity index is 1.61. The highest BCUT2D eigenvalue weighted by atomic mass is 35.5. The van der Waals surface area contributed by atoms with Gasteiger partial charge >= 0.3 is 6.01 Å². The molecule has 0 aliphatic carbocycles. The van der Waals surface area contributed by atoms with Crippen molar-refractivity contribution >= 4 is 29.1 Å². The van der Waals surface area contributed by atoms with E-state index in [1.807, 2.05) is 25.1 Å². The largest absolute Gasteiger partial charge is 0.404 e. The number of rotatable bonds is 6. The van der Waals surface area contributed by atoms with E-state index < -0.39 is 5.91 Å². The zero-order valence-electron chi connectivity index (χ0n) is 18.0. The molecule has 1 aliphatic rings. The third-order valence-electron chi connectivity index (χ3n) is 5.03. The van der Waals surface area contributed by atoms with Crippen LogP contribution in [0.25, 0.3) is 0 Å². The van der Waals surface area contributed by atoms with Crippen LogP contribution in [0, 0.1) is 0 Å². The Bertz CT molecular complexity index is 1090. The number of aromatic nitrogens is 4. The van der Waals surface area contributed by atoms with Gasteiger partial charge in [-0.25, -0.2) is 4.98 Å². The van der Waals surface area contributed by atoms with Crippen molar-refractivity contribution in [3.05, 3.63) is 59.0 Å². The van der Waals surface area contributed by atoms with Gasteiger partial charge in [-0.05, 0) is 25.2 Å². The number of para-hydroxylation sites is 1. The highest BCUT2D eigenvalue weighted by Crippen LogP contribution is 2.26. The van der Waals surface area contributed by atoms with E-state index in [-0.39, 0.29) is 17.5 Å². The summed E-state index contributed by atoms with van der Waals surface area (Å²) in [6, 6.07) is 10.7. The van der Waals surface area contributed by atoms with Crippen molar-refractivity contribution in [1.29, 1.82) is 0 Å². The lowest BCUT2D eigenvalue weighted by atomic mass is 10.2. The third kappa shape index (κ3) is 5.30. The number of benzene rings is 1. The number of carbonyl (C=O) groups is 1. The molecular weight excluding hydrogens is 430 g/mol. The van der Waals surface area contributed by atoms with Gasteiger partial charge in [0.2, 0.25) is 11.8 Å². The van der Waals surface area contributed by atoms with Crippen molar-refractivity contribution in [2.24, 2.45) is 0 Å². The minimum atomic E-state index is -0.398.